The van der Waals surface area contributed by atoms with Crippen LogP contribution in [0.5, 0.6) is 0 Å². The topological polar surface area (TPSA) is 69.0 Å². The van der Waals surface area contributed by atoms with Gasteiger partial charge in [0.25, 0.3) is 0 Å². The first-order chi connectivity index (χ1) is 17.1. The molecule has 7 nitrogen and oxygen atoms in total. The van der Waals surface area contributed by atoms with E-state index in [-0.39, 0.29) is 31.5 Å². The van der Waals surface area contributed by atoms with Crippen molar-refractivity contribution in [3.05, 3.63) is 41.1 Å². The van der Waals surface area contributed by atoms with Gasteiger partial charge in [0.15, 0.2) is 0 Å². The molecule has 5 aliphatic rings. The number of aromatic nitrogens is 5. The average Bonchev–Trinajstić information content (AvgIpc) is 3.48. The van der Waals surface area contributed by atoms with Gasteiger partial charge in [-0.25, -0.2) is 15.0 Å². The van der Waals surface area contributed by atoms with Crippen molar-refractivity contribution in [1.82, 2.24) is 24.7 Å². The third-order valence-corrected chi connectivity index (χ3v) is 8.68. The normalized spacial score (nSPS) is 31.9. The van der Waals surface area contributed by atoms with Crippen LogP contribution in [0.3, 0.4) is 0 Å². The molecule has 4 heterocycles. The molecule has 2 bridgehead atoms. The molecule has 0 unspecified atom stereocenters. The van der Waals surface area contributed by atoms with Gasteiger partial charge in [0.2, 0.25) is 0 Å². The minimum absolute atomic E-state index is 0.0387. The number of rotatable bonds is 4. The van der Waals surface area contributed by atoms with Crippen LogP contribution in [0.25, 0.3) is 11.0 Å². The fourth-order valence-electron chi connectivity index (χ4n) is 6.47. The van der Waals surface area contributed by atoms with Gasteiger partial charge in [-0.2, -0.15) is 18.3 Å². The van der Waals surface area contributed by atoms with Gasteiger partial charge in [-0.05, 0) is 52.9 Å². The van der Waals surface area contributed by atoms with Crippen LogP contribution in [0.1, 0.15) is 73.8 Å². The number of fused-ring (bicyclic) bond motifs is 1. The lowest BCUT2D eigenvalue weighted by Gasteiger charge is -2.70. The van der Waals surface area contributed by atoms with E-state index >= 15 is 0 Å². The molecule has 0 amide bonds. The van der Waals surface area contributed by atoms with Crippen molar-refractivity contribution in [2.24, 2.45) is 5.41 Å². The molecule has 1 saturated heterocycles. The van der Waals surface area contributed by atoms with Gasteiger partial charge in [0, 0.05) is 29.8 Å². The number of morpholine rings is 1. The van der Waals surface area contributed by atoms with Crippen LogP contribution in [0.15, 0.2) is 18.5 Å². The van der Waals surface area contributed by atoms with Gasteiger partial charge >= 0.3 is 6.18 Å². The van der Waals surface area contributed by atoms with E-state index < -0.39 is 17.0 Å². The number of ether oxygens (including phenoxy) is 1. The standard InChI is InChI=1S/C26H29F3N6O/c1-14-8-34(10-20(36-14)17-7-30-35(9-17)18-4-5-18)21-6-19-22(32-16(3)15(2)31-19)23(33-21)24-11-25(12-24,13-24)26(27,28)29/h6-7,9,14,18,20H,4-5,8,10-13H2,1-3H3/t14-,20-,24?,25?/m0/s1. The number of nitrogens with zero attached hydrogens (tertiary/aromatic N) is 6. The van der Waals surface area contributed by atoms with Crippen molar-refractivity contribution < 1.29 is 17.9 Å². The molecule has 0 N–H and O–H groups in total. The monoisotopic (exact) mass is 498 g/mol. The molecule has 190 valence electrons. The lowest BCUT2D eigenvalue weighted by molar-refractivity contribution is -0.337. The fourth-order valence-corrected chi connectivity index (χ4v) is 6.47. The molecular weight excluding hydrogens is 469 g/mol. The minimum Gasteiger partial charge on any atom is -0.367 e. The molecule has 4 aliphatic carbocycles. The smallest absolute Gasteiger partial charge is 0.367 e. The van der Waals surface area contributed by atoms with E-state index in [0.717, 1.165) is 35.6 Å². The summed E-state index contributed by atoms with van der Waals surface area (Å²) < 4.78 is 49.2. The van der Waals surface area contributed by atoms with E-state index in [2.05, 4.69) is 16.2 Å². The Labute approximate surface area is 207 Å². The zero-order valence-electron chi connectivity index (χ0n) is 20.6. The van der Waals surface area contributed by atoms with Crippen molar-refractivity contribution in [3.8, 4) is 0 Å². The van der Waals surface area contributed by atoms with Gasteiger partial charge in [0.1, 0.15) is 17.4 Å². The Kier molecular flexibility index (Phi) is 4.47. The first-order valence-electron chi connectivity index (χ1n) is 12.7. The van der Waals surface area contributed by atoms with Crippen molar-refractivity contribution >= 4 is 16.9 Å². The summed E-state index contributed by atoms with van der Waals surface area (Å²) in [5.74, 6) is 0.732. The predicted octanol–water partition coefficient (Wildman–Crippen LogP) is 5.12. The van der Waals surface area contributed by atoms with Crippen LogP contribution in [0.2, 0.25) is 0 Å². The maximum atomic E-state index is 13.6. The zero-order valence-corrected chi connectivity index (χ0v) is 20.6. The maximum Gasteiger partial charge on any atom is 0.394 e. The van der Waals surface area contributed by atoms with Crippen molar-refractivity contribution in [1.29, 1.82) is 0 Å². The molecule has 3 aromatic rings. The minimum atomic E-state index is -4.17. The summed E-state index contributed by atoms with van der Waals surface area (Å²) in [6, 6.07) is 2.44. The van der Waals surface area contributed by atoms with Crippen molar-refractivity contribution in [2.45, 2.75) is 82.7 Å². The predicted molar refractivity (Wildman–Crippen MR) is 127 cm³/mol. The number of hydrogen-bond acceptors (Lipinski definition) is 6. The summed E-state index contributed by atoms with van der Waals surface area (Å²) in [7, 11) is 0. The van der Waals surface area contributed by atoms with Crippen LogP contribution in [0, 0.1) is 19.3 Å². The fraction of sp³-hybridized carbons (Fsp3) is 0.615. The van der Waals surface area contributed by atoms with E-state index in [1.165, 1.54) is 0 Å². The summed E-state index contributed by atoms with van der Waals surface area (Å²) in [4.78, 5) is 16.7. The van der Waals surface area contributed by atoms with Gasteiger partial charge in [-0.15, -0.1) is 0 Å². The lowest BCUT2D eigenvalue weighted by Crippen LogP contribution is -2.70. The average molecular weight is 499 g/mol. The first kappa shape index (κ1) is 22.4. The second kappa shape index (κ2) is 7.18. The number of anilines is 1. The van der Waals surface area contributed by atoms with Gasteiger partial charge in [-0.3, -0.25) is 4.68 Å². The zero-order chi connectivity index (χ0) is 25.0. The molecule has 5 fully saturated rings. The Morgan fingerprint density at radius 2 is 1.75 bits per heavy atom. The first-order valence-corrected chi connectivity index (χ1v) is 12.7. The lowest BCUT2D eigenvalue weighted by atomic mass is 9.34. The molecule has 8 rings (SSSR count). The Morgan fingerprint density at radius 1 is 1.03 bits per heavy atom. The van der Waals surface area contributed by atoms with E-state index in [0.29, 0.717) is 35.9 Å². The highest BCUT2D eigenvalue weighted by atomic mass is 19.4. The molecule has 4 saturated carbocycles. The second-order valence-corrected chi connectivity index (χ2v) is 11.5. The van der Waals surface area contributed by atoms with Crippen LogP contribution in [-0.2, 0) is 10.2 Å². The third kappa shape index (κ3) is 3.22. The molecule has 2 atom stereocenters. The molecule has 10 heteroatoms. The maximum absolute atomic E-state index is 13.6. The molecule has 0 spiro atoms. The van der Waals surface area contributed by atoms with Crippen LogP contribution < -0.4 is 4.90 Å². The molecule has 1 aliphatic heterocycles. The SMILES string of the molecule is Cc1nc2cc(N3C[C@@H](c4cnn(C5CC5)c4)O[C@@H](C)C3)nc(C34CC(C(F)(F)F)(C3)C4)c2nc1C. The third-order valence-electron chi connectivity index (χ3n) is 8.68. The van der Waals surface area contributed by atoms with Crippen molar-refractivity contribution in [2.75, 3.05) is 18.0 Å². The van der Waals surface area contributed by atoms with Gasteiger partial charge in [-0.1, -0.05) is 0 Å². The largest absolute Gasteiger partial charge is 0.394 e. The summed E-state index contributed by atoms with van der Waals surface area (Å²) in [6.45, 7) is 7.06. The Hall–Kier alpha value is -2.75. The molecule has 36 heavy (non-hydrogen) atoms. The number of alkyl halides is 3. The number of aryl methyl sites for hydroxylation is 2. The summed E-state index contributed by atoms with van der Waals surface area (Å²) in [6.07, 6.45) is 2.19. The van der Waals surface area contributed by atoms with Gasteiger partial charge in [0.05, 0.1) is 52.9 Å². The summed E-state index contributed by atoms with van der Waals surface area (Å²) in [5.41, 5.74) is 2.53. The van der Waals surface area contributed by atoms with E-state index in [4.69, 9.17) is 19.7 Å². The Balaban J connectivity index is 1.26. The van der Waals surface area contributed by atoms with Crippen molar-refractivity contribution in [3.63, 3.8) is 0 Å². The van der Waals surface area contributed by atoms with Gasteiger partial charge < -0.3 is 9.64 Å². The molecular formula is C26H29F3N6O. The van der Waals surface area contributed by atoms with E-state index in [1.807, 2.05) is 37.7 Å². The highest BCUT2D eigenvalue weighted by molar-refractivity contribution is 5.82. The van der Waals surface area contributed by atoms with E-state index in [1.54, 1.807) is 0 Å². The summed E-state index contributed by atoms with van der Waals surface area (Å²) >= 11 is 0. The quantitative estimate of drug-likeness (QED) is 0.497. The highest BCUT2D eigenvalue weighted by Crippen LogP contribution is 2.78. The Bertz CT molecular complexity index is 1360. The number of halogens is 3. The highest BCUT2D eigenvalue weighted by Gasteiger charge is 2.79. The number of hydrogen-bond donors (Lipinski definition) is 0. The summed E-state index contributed by atoms with van der Waals surface area (Å²) in [5, 5.41) is 4.52. The molecule has 0 radical (unpaired) electrons. The van der Waals surface area contributed by atoms with Crippen LogP contribution in [0.4, 0.5) is 19.0 Å². The Morgan fingerprint density at radius 3 is 2.44 bits per heavy atom. The molecule has 3 aromatic heterocycles. The van der Waals surface area contributed by atoms with Crippen LogP contribution >= 0.6 is 0 Å². The number of pyridine rings is 1. The van der Waals surface area contributed by atoms with E-state index in [9.17, 15) is 13.2 Å². The van der Waals surface area contributed by atoms with Crippen LogP contribution in [-0.4, -0.2) is 50.1 Å². The second-order valence-electron chi connectivity index (χ2n) is 11.5. The molecule has 0 aromatic carbocycles.